The number of carbonyl (C=O) groups is 1. The van der Waals surface area contributed by atoms with Gasteiger partial charge in [-0.3, -0.25) is 4.57 Å². The van der Waals surface area contributed by atoms with Crippen LogP contribution in [0.5, 0.6) is 0 Å². The summed E-state index contributed by atoms with van der Waals surface area (Å²) in [5, 5.41) is 5.50. The SMILES string of the molecule is CCCC1=C(C(=O)OCC)C(c2sccc2C)n2c(nc3ccccc32)N1. The van der Waals surface area contributed by atoms with Gasteiger partial charge in [-0.05, 0) is 49.4 Å². The number of aryl methyl sites for hydroxylation is 1. The molecule has 2 aromatic heterocycles. The van der Waals surface area contributed by atoms with Crippen molar-refractivity contribution >= 4 is 34.3 Å². The van der Waals surface area contributed by atoms with Gasteiger partial charge in [0.25, 0.3) is 0 Å². The first-order chi connectivity index (χ1) is 13.2. The molecule has 6 heteroatoms. The molecule has 0 aliphatic carbocycles. The van der Waals surface area contributed by atoms with E-state index in [9.17, 15) is 4.79 Å². The van der Waals surface area contributed by atoms with Crippen molar-refractivity contribution in [2.24, 2.45) is 0 Å². The van der Waals surface area contributed by atoms with Crippen LogP contribution >= 0.6 is 11.3 Å². The minimum Gasteiger partial charge on any atom is -0.463 e. The molecule has 0 amide bonds. The minimum absolute atomic E-state index is 0.228. The van der Waals surface area contributed by atoms with Crippen LogP contribution in [-0.4, -0.2) is 22.1 Å². The molecule has 0 spiro atoms. The highest BCUT2D eigenvalue weighted by atomic mass is 32.1. The van der Waals surface area contributed by atoms with Crippen LogP contribution < -0.4 is 5.32 Å². The zero-order valence-electron chi connectivity index (χ0n) is 15.8. The molecule has 1 unspecified atom stereocenters. The largest absolute Gasteiger partial charge is 0.463 e. The quantitative estimate of drug-likeness (QED) is 0.629. The Morgan fingerprint density at radius 2 is 2.11 bits per heavy atom. The number of aromatic nitrogens is 2. The Labute approximate surface area is 162 Å². The third kappa shape index (κ3) is 2.94. The van der Waals surface area contributed by atoms with Gasteiger partial charge < -0.3 is 10.1 Å². The van der Waals surface area contributed by atoms with Crippen LogP contribution in [-0.2, 0) is 9.53 Å². The van der Waals surface area contributed by atoms with E-state index in [0.29, 0.717) is 12.2 Å². The van der Waals surface area contributed by atoms with Crippen LogP contribution in [0.25, 0.3) is 11.0 Å². The monoisotopic (exact) mass is 381 g/mol. The lowest BCUT2D eigenvalue weighted by Gasteiger charge is -2.31. The summed E-state index contributed by atoms with van der Waals surface area (Å²) in [5.41, 5.74) is 4.71. The number of imidazole rings is 1. The molecular weight excluding hydrogens is 358 g/mol. The molecule has 27 heavy (non-hydrogen) atoms. The number of rotatable bonds is 5. The summed E-state index contributed by atoms with van der Waals surface area (Å²) >= 11 is 1.67. The first-order valence-electron chi connectivity index (χ1n) is 9.33. The van der Waals surface area contributed by atoms with Crippen molar-refractivity contribution < 1.29 is 9.53 Å². The molecule has 1 atom stereocenters. The summed E-state index contributed by atoms with van der Waals surface area (Å²) < 4.78 is 7.60. The number of benzene rings is 1. The van der Waals surface area contributed by atoms with Gasteiger partial charge in [0.1, 0.15) is 6.04 Å². The molecule has 1 N–H and O–H groups in total. The minimum atomic E-state index is -0.255. The Morgan fingerprint density at radius 1 is 1.30 bits per heavy atom. The molecule has 0 saturated carbocycles. The maximum atomic E-state index is 13.0. The van der Waals surface area contributed by atoms with Crippen LogP contribution in [0, 0.1) is 6.92 Å². The summed E-state index contributed by atoms with van der Waals surface area (Å²) in [6.07, 6.45) is 1.71. The van der Waals surface area contributed by atoms with Crippen molar-refractivity contribution in [3.05, 3.63) is 57.4 Å². The Morgan fingerprint density at radius 3 is 2.81 bits per heavy atom. The molecule has 5 nitrogen and oxygen atoms in total. The van der Waals surface area contributed by atoms with E-state index in [1.54, 1.807) is 11.3 Å². The lowest BCUT2D eigenvalue weighted by Crippen LogP contribution is -2.29. The number of carbonyl (C=O) groups excluding carboxylic acids is 1. The highest BCUT2D eigenvalue weighted by Gasteiger charge is 2.37. The van der Waals surface area contributed by atoms with Gasteiger partial charge in [-0.25, -0.2) is 9.78 Å². The second-order valence-corrected chi connectivity index (χ2v) is 7.60. The van der Waals surface area contributed by atoms with Crippen LogP contribution in [0.3, 0.4) is 0 Å². The van der Waals surface area contributed by atoms with E-state index in [4.69, 9.17) is 9.72 Å². The zero-order valence-corrected chi connectivity index (χ0v) is 16.6. The number of esters is 1. The number of nitrogens with one attached hydrogen (secondary N) is 1. The van der Waals surface area contributed by atoms with E-state index in [1.165, 1.54) is 5.56 Å². The van der Waals surface area contributed by atoms with E-state index < -0.39 is 0 Å². The van der Waals surface area contributed by atoms with Crippen LogP contribution in [0.1, 0.15) is 43.2 Å². The van der Waals surface area contributed by atoms with E-state index in [0.717, 1.165) is 40.4 Å². The van der Waals surface area contributed by atoms with Gasteiger partial charge in [0.15, 0.2) is 0 Å². The molecule has 4 rings (SSSR count). The standard InChI is InChI=1S/C21H23N3O2S/c1-4-8-15-17(20(25)26-5-2)18(19-13(3)11-12-27-19)24-16-10-7-6-9-14(16)22-21(24)23-15/h6-7,9-12,18H,4-5,8H2,1-3H3,(H,22,23). The van der Waals surface area contributed by atoms with Crippen molar-refractivity contribution in [1.29, 1.82) is 0 Å². The highest BCUT2D eigenvalue weighted by Crippen LogP contribution is 2.43. The fourth-order valence-electron chi connectivity index (χ4n) is 3.69. The molecule has 0 radical (unpaired) electrons. The van der Waals surface area contributed by atoms with Gasteiger partial charge in [0.2, 0.25) is 5.95 Å². The summed E-state index contributed by atoms with van der Waals surface area (Å²) in [7, 11) is 0. The summed E-state index contributed by atoms with van der Waals surface area (Å²) in [4.78, 5) is 19.0. The van der Waals surface area contributed by atoms with Crippen molar-refractivity contribution in [3.8, 4) is 0 Å². The highest BCUT2D eigenvalue weighted by molar-refractivity contribution is 7.10. The normalized spacial score (nSPS) is 16.3. The predicted molar refractivity (Wildman–Crippen MR) is 109 cm³/mol. The van der Waals surface area contributed by atoms with Crippen LogP contribution in [0.2, 0.25) is 0 Å². The number of ether oxygens (including phenoxy) is 1. The zero-order chi connectivity index (χ0) is 19.0. The first kappa shape index (κ1) is 17.8. The maximum absolute atomic E-state index is 13.0. The average Bonchev–Trinajstić information content (AvgIpc) is 3.24. The van der Waals surface area contributed by atoms with Gasteiger partial charge in [0.05, 0.1) is 23.2 Å². The number of para-hydroxylation sites is 2. The molecule has 1 aliphatic rings. The van der Waals surface area contributed by atoms with Crippen molar-refractivity contribution in [3.63, 3.8) is 0 Å². The third-order valence-corrected chi connectivity index (χ3v) is 5.93. The topological polar surface area (TPSA) is 56.2 Å². The molecule has 0 saturated heterocycles. The molecule has 1 aliphatic heterocycles. The average molecular weight is 382 g/mol. The number of hydrogen-bond acceptors (Lipinski definition) is 5. The number of hydrogen-bond donors (Lipinski definition) is 1. The number of fused-ring (bicyclic) bond motifs is 3. The molecule has 3 heterocycles. The fraction of sp³-hybridized carbons (Fsp3) is 0.333. The summed E-state index contributed by atoms with van der Waals surface area (Å²) in [5.74, 6) is 0.528. The fourth-order valence-corrected chi connectivity index (χ4v) is 4.72. The Hall–Kier alpha value is -2.60. The summed E-state index contributed by atoms with van der Waals surface area (Å²) in [6.45, 7) is 6.41. The van der Waals surface area contributed by atoms with E-state index >= 15 is 0 Å². The third-order valence-electron chi connectivity index (χ3n) is 4.86. The second-order valence-electron chi connectivity index (χ2n) is 6.65. The molecule has 0 bridgehead atoms. The number of allylic oxidation sites excluding steroid dienone is 1. The van der Waals surface area contributed by atoms with E-state index in [1.807, 2.05) is 25.1 Å². The molecule has 1 aromatic carbocycles. The lowest BCUT2D eigenvalue weighted by molar-refractivity contribution is -0.139. The molecular formula is C21H23N3O2S. The number of nitrogens with zero attached hydrogens (tertiary/aromatic N) is 2. The van der Waals surface area contributed by atoms with Crippen molar-refractivity contribution in [2.75, 3.05) is 11.9 Å². The number of anilines is 1. The Balaban J connectivity index is 2.00. The Kier molecular flexibility index (Phi) is 4.74. The van der Waals surface area contributed by atoms with E-state index in [-0.39, 0.29) is 12.0 Å². The van der Waals surface area contributed by atoms with Crippen LogP contribution in [0.4, 0.5) is 5.95 Å². The molecule has 0 fully saturated rings. The molecule has 140 valence electrons. The molecule has 3 aromatic rings. The second kappa shape index (κ2) is 7.19. The van der Waals surface area contributed by atoms with Crippen molar-refractivity contribution in [1.82, 2.24) is 9.55 Å². The maximum Gasteiger partial charge on any atom is 0.338 e. The van der Waals surface area contributed by atoms with Gasteiger partial charge in [-0.15, -0.1) is 11.3 Å². The predicted octanol–water partition coefficient (Wildman–Crippen LogP) is 5.04. The van der Waals surface area contributed by atoms with Gasteiger partial charge >= 0.3 is 5.97 Å². The summed E-state index contributed by atoms with van der Waals surface area (Å²) in [6, 6.07) is 9.92. The van der Waals surface area contributed by atoms with Crippen molar-refractivity contribution in [2.45, 2.75) is 39.7 Å². The smallest absolute Gasteiger partial charge is 0.338 e. The first-order valence-corrected chi connectivity index (χ1v) is 10.2. The Bertz CT molecular complexity index is 1030. The van der Waals surface area contributed by atoms with Gasteiger partial charge in [-0.2, -0.15) is 0 Å². The van der Waals surface area contributed by atoms with E-state index in [2.05, 4.69) is 41.2 Å². The van der Waals surface area contributed by atoms with Crippen LogP contribution in [0.15, 0.2) is 47.0 Å². The number of thiophene rings is 1. The van der Waals surface area contributed by atoms with Gasteiger partial charge in [-0.1, -0.05) is 25.5 Å². The lowest BCUT2D eigenvalue weighted by atomic mass is 9.96. The van der Waals surface area contributed by atoms with Gasteiger partial charge in [0, 0.05) is 10.6 Å².